The van der Waals surface area contributed by atoms with Crippen LogP contribution in [0.4, 0.5) is 5.95 Å². The van der Waals surface area contributed by atoms with Crippen molar-refractivity contribution in [1.29, 1.82) is 0 Å². The Hall–Kier alpha value is -2.59. The average Bonchev–Trinajstić information content (AvgIpc) is 3.12. The van der Waals surface area contributed by atoms with Crippen molar-refractivity contribution in [2.24, 2.45) is 16.5 Å². The summed E-state index contributed by atoms with van der Waals surface area (Å²) in [5.74, 6) is 1.53. The molecule has 162 valence electrons. The Morgan fingerprint density at radius 2 is 2.03 bits per heavy atom. The molecule has 1 aliphatic rings. The fraction of sp³-hybridized carbons (Fsp3) is 0.500. The van der Waals surface area contributed by atoms with Crippen LogP contribution in [0.1, 0.15) is 38.9 Å². The van der Waals surface area contributed by atoms with E-state index in [4.69, 9.17) is 31.2 Å². The van der Waals surface area contributed by atoms with Crippen molar-refractivity contribution in [3.63, 3.8) is 0 Å². The highest BCUT2D eigenvalue weighted by molar-refractivity contribution is 7.99. The molecule has 0 bridgehead atoms. The summed E-state index contributed by atoms with van der Waals surface area (Å²) in [7, 11) is 0. The van der Waals surface area contributed by atoms with Gasteiger partial charge in [0.15, 0.2) is 10.8 Å². The van der Waals surface area contributed by atoms with Gasteiger partial charge in [0.25, 0.3) is 0 Å². The molecule has 0 amide bonds. The van der Waals surface area contributed by atoms with Gasteiger partial charge in [-0.3, -0.25) is 4.99 Å². The molecule has 1 atom stereocenters. The van der Waals surface area contributed by atoms with Gasteiger partial charge in [0, 0.05) is 37.2 Å². The summed E-state index contributed by atoms with van der Waals surface area (Å²) >= 11 is 1.69. The van der Waals surface area contributed by atoms with Gasteiger partial charge in [-0.05, 0) is 19.1 Å². The molecule has 0 radical (unpaired) electrons. The maximum Gasteiger partial charge on any atom is 0.228 e. The lowest BCUT2D eigenvalue weighted by molar-refractivity contribution is 0.122. The number of aliphatic imine (C=N–C) groups is 1. The molecule has 2 aromatic rings. The first-order chi connectivity index (χ1) is 14.5. The van der Waals surface area contributed by atoms with Crippen molar-refractivity contribution in [2.45, 2.75) is 38.4 Å². The summed E-state index contributed by atoms with van der Waals surface area (Å²) in [6, 6.07) is 0.238. The van der Waals surface area contributed by atoms with Crippen LogP contribution >= 0.6 is 11.8 Å². The van der Waals surface area contributed by atoms with E-state index in [-0.39, 0.29) is 6.04 Å². The van der Waals surface area contributed by atoms with Crippen molar-refractivity contribution < 1.29 is 4.74 Å². The molecule has 1 aliphatic heterocycles. The largest absolute Gasteiger partial charge is 0.403 e. The van der Waals surface area contributed by atoms with Gasteiger partial charge in [-0.25, -0.2) is 9.97 Å². The monoisotopic (exact) mass is 430 g/mol. The number of allylic oxidation sites excluding steroid dienone is 1. The number of nitrogens with two attached hydrogens (primary N) is 2. The van der Waals surface area contributed by atoms with E-state index in [1.54, 1.807) is 11.8 Å². The molecule has 30 heavy (non-hydrogen) atoms. The fourth-order valence-electron chi connectivity index (χ4n) is 3.17. The summed E-state index contributed by atoms with van der Waals surface area (Å²) in [5.41, 5.74) is 14.4. The molecule has 0 saturated carbocycles. The minimum atomic E-state index is 0.238. The van der Waals surface area contributed by atoms with E-state index in [0.717, 1.165) is 36.1 Å². The molecule has 3 heterocycles. The first kappa shape index (κ1) is 22.1. The summed E-state index contributed by atoms with van der Waals surface area (Å²) in [6.07, 6.45) is 3.84. The maximum atomic E-state index is 5.92. The molecule has 1 saturated heterocycles. The molecule has 1 fully saturated rings. The quantitative estimate of drug-likeness (QED) is 0.484. The normalized spacial score (nSPS) is 16.5. The molecule has 10 heteroatoms. The van der Waals surface area contributed by atoms with E-state index in [0.29, 0.717) is 41.8 Å². The molecule has 3 rings (SSSR count). The number of imidazole rings is 1. The predicted molar refractivity (Wildman–Crippen MR) is 124 cm³/mol. The lowest BCUT2D eigenvalue weighted by atomic mass is 10.2. The summed E-state index contributed by atoms with van der Waals surface area (Å²) in [6.45, 7) is 12.8. The van der Waals surface area contributed by atoms with Crippen LogP contribution in [-0.2, 0) is 4.74 Å². The summed E-state index contributed by atoms with van der Waals surface area (Å²) in [5, 5.41) is 0.917. The van der Waals surface area contributed by atoms with Gasteiger partial charge < -0.3 is 25.7 Å². The van der Waals surface area contributed by atoms with Crippen LogP contribution in [0.15, 0.2) is 28.6 Å². The Kier molecular flexibility index (Phi) is 7.33. The summed E-state index contributed by atoms with van der Waals surface area (Å²) < 4.78 is 7.68. The van der Waals surface area contributed by atoms with E-state index >= 15 is 0 Å². The minimum absolute atomic E-state index is 0.238. The van der Waals surface area contributed by atoms with E-state index in [9.17, 15) is 0 Å². The lowest BCUT2D eigenvalue weighted by Crippen LogP contribution is -2.37. The number of anilines is 1. The smallest absolute Gasteiger partial charge is 0.228 e. The molecular formula is C20H30N8OS. The molecule has 0 aromatic carbocycles. The van der Waals surface area contributed by atoms with E-state index in [1.165, 1.54) is 12.4 Å². The minimum Gasteiger partial charge on any atom is -0.403 e. The SMILES string of the molecule is C=C(N)C=N/C(=C\N)c1nc(N2CCOCC2)nc2c1nc(SCC)n2C(C)CC. The zero-order valence-electron chi connectivity index (χ0n) is 17.8. The third kappa shape index (κ3) is 4.59. The third-order valence-electron chi connectivity index (χ3n) is 4.86. The third-order valence-corrected chi connectivity index (χ3v) is 5.70. The zero-order chi connectivity index (χ0) is 21.7. The number of nitrogens with zero attached hydrogens (tertiary/aromatic N) is 6. The number of aromatic nitrogens is 4. The molecule has 4 N–H and O–H groups in total. The van der Waals surface area contributed by atoms with Crippen LogP contribution in [0.25, 0.3) is 16.9 Å². The number of hydrogen-bond acceptors (Lipinski definition) is 9. The van der Waals surface area contributed by atoms with Crippen molar-refractivity contribution in [3.8, 4) is 0 Å². The Morgan fingerprint density at radius 3 is 2.63 bits per heavy atom. The highest BCUT2D eigenvalue weighted by Gasteiger charge is 2.24. The molecule has 9 nitrogen and oxygen atoms in total. The second kappa shape index (κ2) is 9.94. The van der Waals surface area contributed by atoms with Gasteiger partial charge in [0.2, 0.25) is 5.95 Å². The lowest BCUT2D eigenvalue weighted by Gasteiger charge is -2.27. The van der Waals surface area contributed by atoms with Crippen molar-refractivity contribution in [1.82, 2.24) is 19.5 Å². The fourth-order valence-corrected chi connectivity index (χ4v) is 3.99. The van der Waals surface area contributed by atoms with Gasteiger partial charge >= 0.3 is 0 Å². The molecule has 1 unspecified atom stereocenters. The van der Waals surface area contributed by atoms with E-state index < -0.39 is 0 Å². The maximum absolute atomic E-state index is 5.92. The van der Waals surface area contributed by atoms with Crippen LogP contribution in [0.3, 0.4) is 0 Å². The molecule has 0 aliphatic carbocycles. The van der Waals surface area contributed by atoms with Crippen LogP contribution in [0.5, 0.6) is 0 Å². The van der Waals surface area contributed by atoms with Crippen molar-refractivity contribution >= 4 is 40.8 Å². The van der Waals surface area contributed by atoms with E-state index in [2.05, 4.69) is 41.8 Å². The first-order valence-corrected chi connectivity index (χ1v) is 11.1. The van der Waals surface area contributed by atoms with Crippen molar-refractivity contribution in [3.05, 3.63) is 24.2 Å². The number of fused-ring (bicyclic) bond motifs is 1. The highest BCUT2D eigenvalue weighted by Crippen LogP contribution is 2.33. The highest BCUT2D eigenvalue weighted by atomic mass is 32.2. The number of rotatable bonds is 8. The van der Waals surface area contributed by atoms with Gasteiger partial charge in [-0.15, -0.1) is 0 Å². The molecule has 2 aromatic heterocycles. The number of ether oxygens (including phenoxy) is 1. The van der Waals surface area contributed by atoms with Crippen LogP contribution in [-0.4, -0.2) is 57.8 Å². The number of thioether (sulfide) groups is 1. The van der Waals surface area contributed by atoms with Crippen molar-refractivity contribution in [2.75, 3.05) is 37.0 Å². The van der Waals surface area contributed by atoms with Gasteiger partial charge in [0.1, 0.15) is 16.9 Å². The Bertz CT molecular complexity index is 961. The van der Waals surface area contributed by atoms with Gasteiger partial charge in [-0.2, -0.15) is 4.98 Å². The van der Waals surface area contributed by atoms with Gasteiger partial charge in [-0.1, -0.05) is 32.2 Å². The van der Waals surface area contributed by atoms with Crippen LogP contribution in [0, 0.1) is 0 Å². The van der Waals surface area contributed by atoms with Crippen LogP contribution in [0.2, 0.25) is 0 Å². The Morgan fingerprint density at radius 1 is 1.30 bits per heavy atom. The average molecular weight is 431 g/mol. The second-order valence-electron chi connectivity index (χ2n) is 6.98. The van der Waals surface area contributed by atoms with Gasteiger partial charge in [0.05, 0.1) is 13.2 Å². The second-order valence-corrected chi connectivity index (χ2v) is 8.21. The Balaban J connectivity index is 2.27. The Labute approximate surface area is 181 Å². The topological polar surface area (TPSA) is 120 Å². The molecule has 0 spiro atoms. The number of hydrogen-bond donors (Lipinski definition) is 2. The zero-order valence-corrected chi connectivity index (χ0v) is 18.7. The summed E-state index contributed by atoms with van der Waals surface area (Å²) in [4.78, 5) is 21.1. The number of morpholine rings is 1. The van der Waals surface area contributed by atoms with Crippen LogP contribution < -0.4 is 16.4 Å². The molecular weight excluding hydrogens is 400 g/mol. The first-order valence-electron chi connectivity index (χ1n) is 10.2. The van der Waals surface area contributed by atoms with E-state index in [1.807, 2.05) is 0 Å². The standard InChI is InChI=1S/C20H30N8OS/c1-5-14(4)28-18-17(25-20(28)30-6-2)16(15(11-21)23-12-13(3)22)24-19(26-18)27-7-9-29-10-8-27/h11-12,14H,3,5-10,21-22H2,1-2,4H3/b15-11-,23-12?. The predicted octanol–water partition coefficient (Wildman–Crippen LogP) is 2.55.